The molecule has 3 nitrogen and oxygen atoms in total. The number of hydroxylamine groups is 2. The van der Waals surface area contributed by atoms with Gasteiger partial charge in [-0.05, 0) is 35.2 Å². The van der Waals surface area contributed by atoms with Crippen LogP contribution in [0.5, 0.6) is 5.75 Å². The van der Waals surface area contributed by atoms with E-state index in [2.05, 4.69) is 36.4 Å². The van der Waals surface area contributed by atoms with Crippen molar-refractivity contribution in [3.63, 3.8) is 0 Å². The van der Waals surface area contributed by atoms with Crippen LogP contribution in [0.15, 0.2) is 109 Å². The standard InChI is InChI=1S/C28H23NO2/c1-21-17-18-25-26(20-30)29(31-27(25)19-21)28(22-11-5-2-6-12-22,23-13-7-3-8-14-23)24-15-9-4-10-16-24/h2-20,26H,1H3. The normalized spacial score (nSPS) is 15.8. The molecule has 0 bridgehead atoms. The summed E-state index contributed by atoms with van der Waals surface area (Å²) in [5.41, 5.74) is 4.25. The van der Waals surface area contributed by atoms with Gasteiger partial charge in [0, 0.05) is 5.56 Å². The first-order valence-electron chi connectivity index (χ1n) is 10.4. The summed E-state index contributed by atoms with van der Waals surface area (Å²) in [5.74, 6) is 0.726. The maximum atomic E-state index is 12.5. The largest absolute Gasteiger partial charge is 0.403 e. The topological polar surface area (TPSA) is 29.5 Å². The molecule has 1 atom stereocenters. The Morgan fingerprint density at radius 2 is 1.23 bits per heavy atom. The minimum absolute atomic E-state index is 0.545. The van der Waals surface area contributed by atoms with Crippen LogP contribution in [0.2, 0.25) is 0 Å². The van der Waals surface area contributed by atoms with Crippen LogP contribution in [0.1, 0.15) is 33.9 Å². The molecule has 0 saturated carbocycles. The third-order valence-corrected chi connectivity index (χ3v) is 5.97. The number of nitrogens with zero attached hydrogens (tertiary/aromatic N) is 1. The van der Waals surface area contributed by atoms with E-state index < -0.39 is 11.6 Å². The molecule has 0 N–H and O–H groups in total. The van der Waals surface area contributed by atoms with Crippen molar-refractivity contribution in [3.05, 3.63) is 137 Å². The molecule has 4 aromatic carbocycles. The van der Waals surface area contributed by atoms with E-state index >= 15 is 0 Å². The summed E-state index contributed by atoms with van der Waals surface area (Å²) in [6.45, 7) is 2.03. The van der Waals surface area contributed by atoms with Crippen LogP contribution in [0.4, 0.5) is 0 Å². The monoisotopic (exact) mass is 405 g/mol. The summed E-state index contributed by atoms with van der Waals surface area (Å²) < 4.78 is 0. The van der Waals surface area contributed by atoms with Crippen LogP contribution in [-0.2, 0) is 10.3 Å². The van der Waals surface area contributed by atoms with Crippen LogP contribution in [0, 0.1) is 6.92 Å². The molecule has 1 aliphatic rings. The molecule has 0 spiro atoms. The number of hydrogen-bond acceptors (Lipinski definition) is 3. The predicted octanol–water partition coefficient (Wildman–Crippen LogP) is 5.84. The molecule has 0 radical (unpaired) electrons. The zero-order valence-electron chi connectivity index (χ0n) is 17.3. The van der Waals surface area contributed by atoms with Crippen LogP contribution < -0.4 is 4.84 Å². The first kappa shape index (κ1) is 19.3. The molecule has 1 heterocycles. The van der Waals surface area contributed by atoms with Gasteiger partial charge < -0.3 is 9.63 Å². The molecule has 1 aliphatic heterocycles. The summed E-state index contributed by atoms with van der Waals surface area (Å²) in [6, 6.07) is 36.2. The van der Waals surface area contributed by atoms with Gasteiger partial charge in [0.25, 0.3) is 0 Å². The van der Waals surface area contributed by atoms with Gasteiger partial charge in [-0.25, -0.2) is 0 Å². The number of aryl methyl sites for hydroxylation is 1. The fraction of sp³-hybridized carbons (Fsp3) is 0.107. The average Bonchev–Trinajstić information content (AvgIpc) is 3.19. The molecule has 0 fully saturated rings. The van der Waals surface area contributed by atoms with Gasteiger partial charge in [0.05, 0.1) is 0 Å². The second-order valence-electron chi connectivity index (χ2n) is 7.85. The number of rotatable bonds is 5. The molecule has 0 amide bonds. The quantitative estimate of drug-likeness (QED) is 0.309. The molecule has 4 aromatic rings. The summed E-state index contributed by atoms with van der Waals surface area (Å²) >= 11 is 0. The lowest BCUT2D eigenvalue weighted by molar-refractivity contribution is -0.145. The maximum Gasteiger partial charge on any atom is 0.153 e. The van der Waals surface area contributed by atoms with Gasteiger partial charge in [0.15, 0.2) is 5.75 Å². The van der Waals surface area contributed by atoms with Crippen molar-refractivity contribution in [3.8, 4) is 5.75 Å². The van der Waals surface area contributed by atoms with Crippen LogP contribution in [0.25, 0.3) is 0 Å². The zero-order valence-corrected chi connectivity index (χ0v) is 17.3. The Balaban J connectivity index is 1.84. The highest BCUT2D eigenvalue weighted by Crippen LogP contribution is 2.50. The molecule has 31 heavy (non-hydrogen) atoms. The molecule has 0 saturated heterocycles. The minimum atomic E-state index is -0.817. The van der Waals surface area contributed by atoms with E-state index in [0.717, 1.165) is 39.9 Å². The fourth-order valence-corrected chi connectivity index (χ4v) is 4.58. The highest BCUT2D eigenvalue weighted by Gasteiger charge is 2.51. The second kappa shape index (κ2) is 7.86. The van der Waals surface area contributed by atoms with Gasteiger partial charge in [-0.3, -0.25) is 0 Å². The van der Waals surface area contributed by atoms with Gasteiger partial charge in [0.2, 0.25) is 0 Å². The summed E-state index contributed by atoms with van der Waals surface area (Å²) in [5, 5.41) is 1.87. The van der Waals surface area contributed by atoms with Crippen molar-refractivity contribution >= 4 is 6.29 Å². The first-order valence-corrected chi connectivity index (χ1v) is 10.4. The minimum Gasteiger partial charge on any atom is -0.403 e. The van der Waals surface area contributed by atoms with Gasteiger partial charge in [-0.1, -0.05) is 103 Å². The lowest BCUT2D eigenvalue weighted by Crippen LogP contribution is -2.49. The Bertz CT molecular complexity index is 1090. The van der Waals surface area contributed by atoms with Gasteiger partial charge in [-0.15, -0.1) is 5.06 Å². The summed E-state index contributed by atoms with van der Waals surface area (Å²) in [7, 11) is 0. The third-order valence-electron chi connectivity index (χ3n) is 5.97. The molecule has 152 valence electrons. The summed E-state index contributed by atoms with van der Waals surface area (Å²) in [6.07, 6.45) is 0.977. The smallest absolute Gasteiger partial charge is 0.153 e. The molecule has 0 aromatic heterocycles. The number of benzene rings is 4. The average molecular weight is 405 g/mol. The maximum absolute atomic E-state index is 12.5. The Morgan fingerprint density at radius 1 is 0.742 bits per heavy atom. The van der Waals surface area contributed by atoms with Crippen LogP contribution in [-0.4, -0.2) is 11.3 Å². The number of hydrogen-bond donors (Lipinski definition) is 0. The molecule has 5 rings (SSSR count). The van der Waals surface area contributed by atoms with Crippen LogP contribution in [0.3, 0.4) is 0 Å². The van der Waals surface area contributed by atoms with Gasteiger partial charge >= 0.3 is 0 Å². The van der Waals surface area contributed by atoms with Gasteiger partial charge in [-0.2, -0.15) is 0 Å². The van der Waals surface area contributed by atoms with E-state index in [-0.39, 0.29) is 0 Å². The number of aldehydes is 1. The molecular formula is C28H23NO2. The van der Waals surface area contributed by atoms with Crippen molar-refractivity contribution in [1.82, 2.24) is 5.06 Å². The van der Waals surface area contributed by atoms with E-state index in [1.165, 1.54) is 0 Å². The van der Waals surface area contributed by atoms with E-state index in [1.54, 1.807) is 0 Å². The fourth-order valence-electron chi connectivity index (χ4n) is 4.58. The zero-order chi connectivity index (χ0) is 21.3. The van der Waals surface area contributed by atoms with E-state index in [1.807, 2.05) is 84.8 Å². The molecule has 1 unspecified atom stereocenters. The highest BCUT2D eigenvalue weighted by molar-refractivity contribution is 5.67. The van der Waals surface area contributed by atoms with Crippen molar-refractivity contribution < 1.29 is 9.63 Å². The Kier molecular flexibility index (Phi) is 4.89. The SMILES string of the molecule is Cc1ccc2c(c1)ON(C(c1ccccc1)(c1ccccc1)c1ccccc1)C2C=O. The van der Waals surface area contributed by atoms with Gasteiger partial charge in [0.1, 0.15) is 17.9 Å². The predicted molar refractivity (Wildman–Crippen MR) is 122 cm³/mol. The Morgan fingerprint density at radius 3 is 1.68 bits per heavy atom. The lowest BCUT2D eigenvalue weighted by Gasteiger charge is -2.43. The highest BCUT2D eigenvalue weighted by atomic mass is 16.7. The van der Waals surface area contributed by atoms with Crippen molar-refractivity contribution in [1.29, 1.82) is 0 Å². The Labute approximate surface area is 182 Å². The molecule has 0 aliphatic carbocycles. The van der Waals surface area contributed by atoms with Crippen LogP contribution >= 0.6 is 0 Å². The molecule has 3 heteroatoms. The first-order chi connectivity index (χ1) is 15.2. The number of fused-ring (bicyclic) bond motifs is 1. The van der Waals surface area contributed by atoms with Crippen molar-refractivity contribution in [2.75, 3.05) is 0 Å². The lowest BCUT2D eigenvalue weighted by atomic mass is 9.76. The third kappa shape index (κ3) is 3.06. The van der Waals surface area contributed by atoms with Crippen molar-refractivity contribution in [2.24, 2.45) is 0 Å². The van der Waals surface area contributed by atoms with E-state index in [0.29, 0.717) is 0 Å². The second-order valence-corrected chi connectivity index (χ2v) is 7.85. The Hall–Kier alpha value is -3.69. The molecular weight excluding hydrogens is 382 g/mol. The van der Waals surface area contributed by atoms with Crippen molar-refractivity contribution in [2.45, 2.75) is 18.5 Å². The van der Waals surface area contributed by atoms with E-state index in [9.17, 15) is 4.79 Å². The van der Waals surface area contributed by atoms with E-state index in [4.69, 9.17) is 4.84 Å². The number of carbonyl (C=O) groups is 1. The number of carbonyl (C=O) groups excluding carboxylic acids is 1. The summed E-state index contributed by atoms with van der Waals surface area (Å²) in [4.78, 5) is 19.0.